The Morgan fingerprint density at radius 2 is 1.92 bits per heavy atom. The van der Waals surface area contributed by atoms with Gasteiger partial charge in [-0.1, -0.05) is 30.3 Å². The summed E-state index contributed by atoms with van der Waals surface area (Å²) in [5.41, 5.74) is 6.29. The van der Waals surface area contributed by atoms with Crippen molar-refractivity contribution in [3.8, 4) is 11.1 Å². The van der Waals surface area contributed by atoms with Gasteiger partial charge in [-0.15, -0.1) is 0 Å². The maximum absolute atomic E-state index is 11.4. The number of fused-ring (bicyclic) bond motifs is 1. The van der Waals surface area contributed by atoms with Gasteiger partial charge in [0.05, 0.1) is 12.6 Å². The van der Waals surface area contributed by atoms with Crippen LogP contribution >= 0.6 is 0 Å². The zero-order chi connectivity index (χ0) is 17.1. The zero-order valence-electron chi connectivity index (χ0n) is 14.0. The van der Waals surface area contributed by atoms with Crippen LogP contribution in [0.3, 0.4) is 0 Å². The van der Waals surface area contributed by atoms with E-state index < -0.39 is 0 Å². The topological polar surface area (TPSA) is 39.2 Å². The number of carbonyl (C=O) groups is 1. The minimum atomic E-state index is -0.360. The summed E-state index contributed by atoms with van der Waals surface area (Å²) in [6.07, 6.45) is 3.26. The highest BCUT2D eigenvalue weighted by molar-refractivity contribution is 5.93. The van der Waals surface area contributed by atoms with Crippen LogP contribution in [0.25, 0.3) is 27.6 Å². The van der Waals surface area contributed by atoms with E-state index in [1.807, 2.05) is 25.1 Å². The number of allylic oxidation sites excluding steroid dienone is 1. The molecule has 1 heterocycles. The molecular formula is C21H19NO2. The quantitative estimate of drug-likeness (QED) is 0.515. The second-order valence-electron chi connectivity index (χ2n) is 5.80. The Morgan fingerprint density at radius 1 is 1.12 bits per heavy atom. The van der Waals surface area contributed by atoms with Gasteiger partial charge in [0.15, 0.2) is 0 Å². The number of methoxy groups -OCH3 is 1. The van der Waals surface area contributed by atoms with Gasteiger partial charge in [-0.25, -0.2) is 4.79 Å². The molecule has 2 aromatic carbocycles. The van der Waals surface area contributed by atoms with Crippen LogP contribution in [0.15, 0.2) is 60.8 Å². The minimum Gasteiger partial charge on any atom is -0.466 e. The molecule has 0 radical (unpaired) electrons. The van der Waals surface area contributed by atoms with Crippen molar-refractivity contribution in [1.82, 2.24) is 4.98 Å². The number of hydrogen-bond acceptors (Lipinski definition) is 3. The first-order chi connectivity index (χ1) is 11.6. The monoisotopic (exact) mass is 317 g/mol. The number of aryl methyl sites for hydroxylation is 1. The molecule has 0 fully saturated rings. The zero-order valence-corrected chi connectivity index (χ0v) is 14.0. The van der Waals surface area contributed by atoms with Gasteiger partial charge in [0.2, 0.25) is 0 Å². The summed E-state index contributed by atoms with van der Waals surface area (Å²) in [6, 6.07) is 16.6. The van der Waals surface area contributed by atoms with Crippen molar-refractivity contribution in [2.75, 3.05) is 7.11 Å². The molecule has 0 atom stereocenters. The van der Waals surface area contributed by atoms with Crippen molar-refractivity contribution in [3.63, 3.8) is 0 Å². The molecule has 0 spiro atoms. The second kappa shape index (κ2) is 6.67. The lowest BCUT2D eigenvalue weighted by atomic mass is 9.98. The lowest BCUT2D eigenvalue weighted by molar-refractivity contribution is -0.134. The molecule has 120 valence electrons. The molecule has 0 saturated heterocycles. The van der Waals surface area contributed by atoms with Crippen molar-refractivity contribution < 1.29 is 9.53 Å². The lowest BCUT2D eigenvalue weighted by Crippen LogP contribution is -1.96. The molecular weight excluding hydrogens is 298 g/mol. The highest BCUT2D eigenvalue weighted by Gasteiger charge is 2.06. The van der Waals surface area contributed by atoms with Crippen molar-refractivity contribution in [2.24, 2.45) is 0 Å². The molecule has 0 bridgehead atoms. The normalized spacial score (nSPS) is 11.5. The number of benzene rings is 2. The van der Waals surface area contributed by atoms with Crippen molar-refractivity contribution >= 4 is 22.4 Å². The Bertz CT molecular complexity index is 941. The number of aromatic nitrogens is 1. The fourth-order valence-corrected chi connectivity index (χ4v) is 2.73. The Hall–Kier alpha value is -2.94. The summed E-state index contributed by atoms with van der Waals surface area (Å²) >= 11 is 0. The van der Waals surface area contributed by atoms with E-state index in [0.717, 1.165) is 27.6 Å². The molecule has 24 heavy (non-hydrogen) atoms. The van der Waals surface area contributed by atoms with Crippen molar-refractivity contribution in [2.45, 2.75) is 13.8 Å². The van der Waals surface area contributed by atoms with Crippen molar-refractivity contribution in [1.29, 1.82) is 0 Å². The summed E-state index contributed by atoms with van der Waals surface area (Å²) in [5, 5.41) is 1.05. The Balaban J connectivity index is 2.07. The third-order valence-corrected chi connectivity index (χ3v) is 4.13. The van der Waals surface area contributed by atoms with Gasteiger partial charge in [-0.2, -0.15) is 0 Å². The molecule has 0 aliphatic heterocycles. The molecule has 3 heteroatoms. The molecule has 0 aliphatic rings. The van der Waals surface area contributed by atoms with Crippen LogP contribution in [-0.2, 0) is 9.53 Å². The van der Waals surface area contributed by atoms with Crippen LogP contribution in [0.2, 0.25) is 0 Å². The van der Waals surface area contributed by atoms with E-state index >= 15 is 0 Å². The Labute approximate surface area is 141 Å². The first-order valence-corrected chi connectivity index (χ1v) is 7.81. The second-order valence-corrected chi connectivity index (χ2v) is 5.80. The summed E-state index contributed by atoms with van der Waals surface area (Å²) < 4.78 is 4.68. The minimum absolute atomic E-state index is 0.360. The van der Waals surface area contributed by atoms with Gasteiger partial charge in [0.25, 0.3) is 0 Å². The fraction of sp³-hybridized carbons (Fsp3) is 0.143. The van der Waals surface area contributed by atoms with Crippen LogP contribution in [0, 0.1) is 6.92 Å². The Morgan fingerprint density at radius 3 is 2.67 bits per heavy atom. The molecule has 0 unspecified atom stereocenters. The predicted molar refractivity (Wildman–Crippen MR) is 97.6 cm³/mol. The number of pyridine rings is 1. The SMILES string of the molecule is COC(=O)/C=C(/C)c1cnc2ccc(-c3ccccc3C)cc2c1. The van der Waals surface area contributed by atoms with Crippen LogP contribution in [-0.4, -0.2) is 18.1 Å². The summed E-state index contributed by atoms with van der Waals surface area (Å²) in [6.45, 7) is 3.99. The van der Waals surface area contributed by atoms with E-state index in [9.17, 15) is 4.79 Å². The smallest absolute Gasteiger partial charge is 0.330 e. The van der Waals surface area contributed by atoms with E-state index in [4.69, 9.17) is 0 Å². The third-order valence-electron chi connectivity index (χ3n) is 4.13. The molecule has 3 aromatic rings. The van der Waals surface area contributed by atoms with Gasteiger partial charge in [-0.3, -0.25) is 4.98 Å². The van der Waals surface area contributed by atoms with Gasteiger partial charge in [-0.05, 0) is 59.9 Å². The van der Waals surface area contributed by atoms with Crippen LogP contribution in [0.4, 0.5) is 0 Å². The predicted octanol–water partition coefficient (Wildman–Crippen LogP) is 4.79. The highest BCUT2D eigenvalue weighted by atomic mass is 16.5. The van der Waals surface area contributed by atoms with Gasteiger partial charge in [0, 0.05) is 17.7 Å². The molecule has 3 nitrogen and oxygen atoms in total. The molecule has 0 saturated carbocycles. The van der Waals surface area contributed by atoms with Gasteiger partial charge >= 0.3 is 5.97 Å². The fourth-order valence-electron chi connectivity index (χ4n) is 2.73. The molecule has 1 aromatic heterocycles. The van der Waals surface area contributed by atoms with Crippen LogP contribution in [0.1, 0.15) is 18.1 Å². The number of esters is 1. The third kappa shape index (κ3) is 3.20. The first kappa shape index (κ1) is 15.9. The largest absolute Gasteiger partial charge is 0.466 e. The summed E-state index contributed by atoms with van der Waals surface area (Å²) in [5.74, 6) is -0.360. The van der Waals surface area contributed by atoms with Gasteiger partial charge < -0.3 is 4.74 Å². The average Bonchev–Trinajstić information content (AvgIpc) is 2.61. The van der Waals surface area contributed by atoms with Crippen molar-refractivity contribution in [3.05, 3.63) is 71.9 Å². The summed E-state index contributed by atoms with van der Waals surface area (Å²) in [4.78, 5) is 15.9. The average molecular weight is 317 g/mol. The maximum Gasteiger partial charge on any atom is 0.330 e. The number of rotatable bonds is 3. The molecule has 0 amide bonds. The molecule has 3 rings (SSSR count). The summed E-state index contributed by atoms with van der Waals surface area (Å²) in [7, 11) is 1.37. The number of nitrogens with zero attached hydrogens (tertiary/aromatic N) is 1. The maximum atomic E-state index is 11.4. The number of hydrogen-bond donors (Lipinski definition) is 0. The first-order valence-electron chi connectivity index (χ1n) is 7.81. The number of carbonyl (C=O) groups excluding carboxylic acids is 1. The molecule has 0 aliphatic carbocycles. The number of ether oxygens (including phenoxy) is 1. The highest BCUT2D eigenvalue weighted by Crippen LogP contribution is 2.27. The Kier molecular flexibility index (Phi) is 4.43. The van der Waals surface area contributed by atoms with E-state index in [1.165, 1.54) is 24.3 Å². The molecule has 0 N–H and O–H groups in total. The van der Waals surface area contributed by atoms with Crippen LogP contribution in [0.5, 0.6) is 0 Å². The van der Waals surface area contributed by atoms with E-state index in [1.54, 1.807) is 6.20 Å². The standard InChI is InChI=1S/C21H19NO2/c1-14-6-4-5-7-19(14)16-8-9-20-17(11-16)12-18(13-22-20)15(2)10-21(23)24-3/h4-13H,1-3H3/b15-10-. The van der Waals surface area contributed by atoms with E-state index in [-0.39, 0.29) is 5.97 Å². The lowest BCUT2D eigenvalue weighted by Gasteiger charge is -2.08. The van der Waals surface area contributed by atoms with E-state index in [2.05, 4.69) is 47.0 Å². The van der Waals surface area contributed by atoms with E-state index in [0.29, 0.717) is 0 Å². The van der Waals surface area contributed by atoms with Crippen LogP contribution < -0.4 is 0 Å². The van der Waals surface area contributed by atoms with Gasteiger partial charge in [0.1, 0.15) is 0 Å².